The van der Waals surface area contributed by atoms with E-state index in [1.165, 1.54) is 0 Å². The highest BCUT2D eigenvalue weighted by Gasteiger charge is 2.22. The Kier molecular flexibility index (Phi) is 4.77. The van der Waals surface area contributed by atoms with Crippen molar-refractivity contribution in [3.63, 3.8) is 0 Å². The molecule has 6 heteroatoms. The van der Waals surface area contributed by atoms with Gasteiger partial charge in [0.1, 0.15) is 17.9 Å². The molecule has 0 aromatic heterocycles. The summed E-state index contributed by atoms with van der Waals surface area (Å²) in [6.07, 6.45) is -0.422. The van der Waals surface area contributed by atoms with Gasteiger partial charge in [-0.2, -0.15) is 0 Å². The van der Waals surface area contributed by atoms with Crippen LogP contribution >= 0.6 is 0 Å². The number of nitrogens with two attached hydrogens (primary N) is 1. The number of aldehydes is 1. The fourth-order valence-corrected chi connectivity index (χ4v) is 0.792. The number of amides is 2. The third-order valence-corrected chi connectivity index (χ3v) is 1.37. The van der Waals surface area contributed by atoms with Crippen molar-refractivity contribution >= 4 is 18.3 Å². The van der Waals surface area contributed by atoms with E-state index in [9.17, 15) is 14.4 Å². The van der Waals surface area contributed by atoms with Crippen LogP contribution in [0.2, 0.25) is 0 Å². The third-order valence-electron chi connectivity index (χ3n) is 1.37. The molecule has 86 valence electrons. The molecule has 2 amide bonds. The second-order valence-electron chi connectivity index (χ2n) is 4.00. The van der Waals surface area contributed by atoms with Crippen LogP contribution in [-0.2, 0) is 14.3 Å². The molecule has 0 radical (unpaired) electrons. The average molecular weight is 216 g/mol. The highest BCUT2D eigenvalue weighted by molar-refractivity contribution is 5.86. The van der Waals surface area contributed by atoms with Gasteiger partial charge in [0, 0.05) is 6.42 Å². The van der Waals surface area contributed by atoms with Crippen molar-refractivity contribution in [3.05, 3.63) is 0 Å². The van der Waals surface area contributed by atoms with Gasteiger partial charge >= 0.3 is 6.09 Å². The molecule has 0 aromatic carbocycles. The molecule has 6 nitrogen and oxygen atoms in total. The van der Waals surface area contributed by atoms with Crippen molar-refractivity contribution in [1.29, 1.82) is 0 Å². The lowest BCUT2D eigenvalue weighted by molar-refractivity contribution is -0.122. The van der Waals surface area contributed by atoms with E-state index in [1.807, 2.05) is 0 Å². The van der Waals surface area contributed by atoms with Gasteiger partial charge in [0.05, 0.1) is 0 Å². The van der Waals surface area contributed by atoms with Crippen molar-refractivity contribution in [3.8, 4) is 0 Å². The standard InChI is InChI=1S/C9H16N2O4/c1-9(2,3)15-8(14)11-6(4-5-12)7(10)13/h5-6H,4H2,1-3H3,(H2,10,13)(H,11,14). The van der Waals surface area contributed by atoms with Gasteiger partial charge in [-0.3, -0.25) is 4.79 Å². The summed E-state index contributed by atoms with van der Waals surface area (Å²) in [7, 11) is 0. The lowest BCUT2D eigenvalue weighted by atomic mass is 10.2. The minimum Gasteiger partial charge on any atom is -0.444 e. The molecule has 0 aliphatic rings. The molecule has 0 rings (SSSR count). The predicted octanol–water partition coefficient (Wildman–Crippen LogP) is -0.0460. The molecule has 15 heavy (non-hydrogen) atoms. The van der Waals surface area contributed by atoms with E-state index < -0.39 is 23.6 Å². The summed E-state index contributed by atoms with van der Waals surface area (Å²) in [5.41, 5.74) is 4.31. The Morgan fingerprint density at radius 2 is 2.00 bits per heavy atom. The van der Waals surface area contributed by atoms with Crippen molar-refractivity contribution in [2.75, 3.05) is 0 Å². The maximum absolute atomic E-state index is 11.2. The van der Waals surface area contributed by atoms with Crippen LogP contribution in [0.3, 0.4) is 0 Å². The maximum Gasteiger partial charge on any atom is 0.408 e. The zero-order valence-corrected chi connectivity index (χ0v) is 9.07. The van der Waals surface area contributed by atoms with E-state index in [0.29, 0.717) is 6.29 Å². The molecule has 0 saturated carbocycles. The topological polar surface area (TPSA) is 98.5 Å². The van der Waals surface area contributed by atoms with Gasteiger partial charge in [-0.05, 0) is 20.8 Å². The summed E-state index contributed by atoms with van der Waals surface area (Å²) in [6.45, 7) is 5.06. The second kappa shape index (κ2) is 5.33. The van der Waals surface area contributed by atoms with Crippen LogP contribution in [0.15, 0.2) is 0 Å². The van der Waals surface area contributed by atoms with Gasteiger partial charge in [-0.15, -0.1) is 0 Å². The number of carbonyl (C=O) groups excluding carboxylic acids is 3. The number of hydrogen-bond acceptors (Lipinski definition) is 4. The Morgan fingerprint density at radius 1 is 1.47 bits per heavy atom. The fraction of sp³-hybridized carbons (Fsp3) is 0.667. The van der Waals surface area contributed by atoms with Crippen LogP contribution in [0.5, 0.6) is 0 Å². The van der Waals surface area contributed by atoms with Gasteiger partial charge < -0.3 is 20.6 Å². The molecule has 3 N–H and O–H groups in total. The average Bonchev–Trinajstić information content (AvgIpc) is 1.99. The van der Waals surface area contributed by atoms with E-state index in [-0.39, 0.29) is 6.42 Å². The smallest absolute Gasteiger partial charge is 0.408 e. The summed E-state index contributed by atoms with van der Waals surface area (Å²) >= 11 is 0. The van der Waals surface area contributed by atoms with Crippen LogP contribution in [0, 0.1) is 0 Å². The Bertz CT molecular complexity index is 257. The van der Waals surface area contributed by atoms with Gasteiger partial charge in [0.15, 0.2) is 0 Å². The largest absolute Gasteiger partial charge is 0.444 e. The molecule has 1 atom stereocenters. The quantitative estimate of drug-likeness (QED) is 0.644. The first-order chi connectivity index (χ1) is 6.76. The molecular formula is C9H16N2O4. The maximum atomic E-state index is 11.2. The molecular weight excluding hydrogens is 200 g/mol. The highest BCUT2D eigenvalue weighted by Crippen LogP contribution is 2.06. The minimum absolute atomic E-state index is 0.158. The minimum atomic E-state index is -1.02. The summed E-state index contributed by atoms with van der Waals surface area (Å²) < 4.78 is 4.89. The Balaban J connectivity index is 4.23. The fourth-order valence-electron chi connectivity index (χ4n) is 0.792. The van der Waals surface area contributed by atoms with Gasteiger partial charge in [-0.25, -0.2) is 4.79 Å². The summed E-state index contributed by atoms with van der Waals surface area (Å²) in [5, 5.41) is 2.21. The van der Waals surface area contributed by atoms with Gasteiger partial charge in [-0.1, -0.05) is 0 Å². The molecule has 1 unspecified atom stereocenters. The van der Waals surface area contributed by atoms with Crippen molar-refractivity contribution < 1.29 is 19.1 Å². The summed E-state index contributed by atoms with van der Waals surface area (Å²) in [4.78, 5) is 32.2. The number of hydrogen-bond donors (Lipinski definition) is 2. The van der Waals surface area contributed by atoms with E-state index in [2.05, 4.69) is 5.32 Å². The Morgan fingerprint density at radius 3 is 2.33 bits per heavy atom. The van der Waals surface area contributed by atoms with Crippen LogP contribution in [0.4, 0.5) is 4.79 Å². The zero-order chi connectivity index (χ0) is 12.1. The molecule has 0 aliphatic heterocycles. The molecule has 0 saturated heterocycles. The molecule has 0 bridgehead atoms. The zero-order valence-electron chi connectivity index (χ0n) is 9.07. The number of ether oxygens (including phenoxy) is 1. The van der Waals surface area contributed by atoms with Crippen molar-refractivity contribution in [1.82, 2.24) is 5.32 Å². The van der Waals surface area contributed by atoms with E-state index in [0.717, 1.165) is 0 Å². The van der Waals surface area contributed by atoms with Crippen LogP contribution in [0.25, 0.3) is 0 Å². The van der Waals surface area contributed by atoms with Crippen LogP contribution < -0.4 is 11.1 Å². The molecule has 0 heterocycles. The normalized spacial score (nSPS) is 12.7. The summed E-state index contributed by atoms with van der Waals surface area (Å²) in [6, 6.07) is -1.02. The first kappa shape index (κ1) is 13.4. The predicted molar refractivity (Wildman–Crippen MR) is 53.0 cm³/mol. The van der Waals surface area contributed by atoms with Crippen molar-refractivity contribution in [2.45, 2.75) is 38.8 Å². The number of carbonyl (C=O) groups is 3. The number of alkyl carbamates (subject to hydrolysis) is 1. The number of rotatable bonds is 4. The lowest BCUT2D eigenvalue weighted by Gasteiger charge is -2.21. The molecule has 0 aromatic rings. The van der Waals surface area contributed by atoms with E-state index in [1.54, 1.807) is 20.8 Å². The first-order valence-electron chi connectivity index (χ1n) is 4.48. The highest BCUT2D eigenvalue weighted by atomic mass is 16.6. The molecule has 0 fully saturated rings. The lowest BCUT2D eigenvalue weighted by Crippen LogP contribution is -2.46. The first-order valence-corrected chi connectivity index (χ1v) is 4.48. The molecule has 0 spiro atoms. The van der Waals surface area contributed by atoms with Crippen LogP contribution in [0.1, 0.15) is 27.2 Å². The summed E-state index contributed by atoms with van der Waals surface area (Å²) in [5.74, 6) is -0.770. The second-order valence-corrected chi connectivity index (χ2v) is 4.00. The van der Waals surface area contributed by atoms with E-state index in [4.69, 9.17) is 10.5 Å². The Hall–Kier alpha value is -1.59. The van der Waals surface area contributed by atoms with Gasteiger partial charge in [0.25, 0.3) is 0 Å². The monoisotopic (exact) mass is 216 g/mol. The van der Waals surface area contributed by atoms with E-state index >= 15 is 0 Å². The Labute approximate surface area is 88.1 Å². The number of nitrogens with one attached hydrogen (secondary N) is 1. The third kappa shape index (κ3) is 6.48. The molecule has 0 aliphatic carbocycles. The SMILES string of the molecule is CC(C)(C)OC(=O)NC(CC=O)C(N)=O. The van der Waals surface area contributed by atoms with Gasteiger partial charge in [0.2, 0.25) is 5.91 Å². The number of primary amides is 1. The van der Waals surface area contributed by atoms with Crippen LogP contribution in [-0.4, -0.2) is 29.9 Å². The van der Waals surface area contributed by atoms with Crippen molar-refractivity contribution in [2.24, 2.45) is 5.73 Å².